The van der Waals surface area contributed by atoms with Crippen LogP contribution >= 0.6 is 0 Å². The fourth-order valence-electron chi connectivity index (χ4n) is 2.57. The Bertz CT molecular complexity index is 941. The number of fused-ring (bicyclic) bond motifs is 1. The van der Waals surface area contributed by atoms with Crippen LogP contribution in [0.25, 0.3) is 0 Å². The number of ether oxygens (including phenoxy) is 2. The van der Waals surface area contributed by atoms with Crippen molar-refractivity contribution in [3.05, 3.63) is 47.5 Å². The number of hydrogen-bond acceptors (Lipinski definition) is 5. The molecule has 0 atom stereocenters. The number of hydrogen-bond donors (Lipinski definition) is 2. The summed E-state index contributed by atoms with van der Waals surface area (Å²) in [5, 5.41) is 2.71. The Morgan fingerprint density at radius 1 is 1.08 bits per heavy atom. The number of carbonyl (C=O) groups is 1. The predicted octanol–water partition coefficient (Wildman–Crippen LogP) is 2.34. The third-order valence-corrected chi connectivity index (χ3v) is 5.54. The fourth-order valence-corrected chi connectivity index (χ4v) is 3.93. The van der Waals surface area contributed by atoms with Crippen molar-refractivity contribution in [2.45, 2.75) is 25.2 Å². The Balaban J connectivity index is 1.55. The van der Waals surface area contributed by atoms with Crippen LogP contribution in [0.4, 0.5) is 5.69 Å². The minimum Gasteiger partial charge on any atom is -0.454 e. The lowest BCUT2D eigenvalue weighted by atomic mass is 10.2. The zero-order valence-corrected chi connectivity index (χ0v) is 15.4. The van der Waals surface area contributed by atoms with E-state index < -0.39 is 10.0 Å². The van der Waals surface area contributed by atoms with E-state index in [2.05, 4.69) is 10.0 Å². The van der Waals surface area contributed by atoms with Crippen LogP contribution < -0.4 is 19.5 Å². The second-order valence-corrected chi connectivity index (χ2v) is 7.77. The number of nitrogens with one attached hydrogen (secondary N) is 2. The van der Waals surface area contributed by atoms with Gasteiger partial charge in [0.25, 0.3) is 0 Å². The molecule has 2 N–H and O–H groups in total. The molecule has 3 rings (SSSR count). The smallest absolute Gasteiger partial charge is 0.240 e. The molecule has 138 valence electrons. The highest BCUT2D eigenvalue weighted by Gasteiger charge is 2.18. The van der Waals surface area contributed by atoms with Gasteiger partial charge in [-0.05, 0) is 43.2 Å². The molecule has 0 unspecified atom stereocenters. The van der Waals surface area contributed by atoms with Crippen LogP contribution in [0.1, 0.15) is 17.5 Å². The van der Waals surface area contributed by atoms with E-state index in [1.807, 2.05) is 13.0 Å². The van der Waals surface area contributed by atoms with Crippen LogP contribution in [-0.4, -0.2) is 27.7 Å². The summed E-state index contributed by atoms with van der Waals surface area (Å²) in [6.07, 6.45) is 0.0124. The van der Waals surface area contributed by atoms with Crippen molar-refractivity contribution in [2.75, 3.05) is 18.7 Å². The molecule has 1 amide bonds. The number of amides is 1. The SMILES string of the molecule is Cc1ccc(C)c(S(=O)(=O)NCCC(=O)Nc2ccc3c(c2)OCO3)c1. The second kappa shape index (κ2) is 7.35. The maximum absolute atomic E-state index is 12.4. The maximum atomic E-state index is 12.4. The van der Waals surface area contributed by atoms with E-state index in [9.17, 15) is 13.2 Å². The Hall–Kier alpha value is -2.58. The summed E-state index contributed by atoms with van der Waals surface area (Å²) in [5.74, 6) is 0.898. The van der Waals surface area contributed by atoms with Crippen LogP contribution in [0.2, 0.25) is 0 Å². The monoisotopic (exact) mass is 376 g/mol. The van der Waals surface area contributed by atoms with Crippen molar-refractivity contribution in [3.63, 3.8) is 0 Å². The summed E-state index contributed by atoms with van der Waals surface area (Å²) in [4.78, 5) is 12.3. The van der Waals surface area contributed by atoms with E-state index in [0.29, 0.717) is 22.7 Å². The van der Waals surface area contributed by atoms with Gasteiger partial charge in [-0.15, -0.1) is 0 Å². The van der Waals surface area contributed by atoms with E-state index in [1.54, 1.807) is 37.3 Å². The number of sulfonamides is 1. The highest BCUT2D eigenvalue weighted by Crippen LogP contribution is 2.34. The Labute approximate surface area is 152 Å². The van der Waals surface area contributed by atoms with Gasteiger partial charge >= 0.3 is 0 Å². The molecule has 1 aliphatic rings. The third-order valence-electron chi connectivity index (χ3n) is 3.93. The average molecular weight is 376 g/mol. The van der Waals surface area contributed by atoms with Gasteiger partial charge in [-0.1, -0.05) is 12.1 Å². The lowest BCUT2D eigenvalue weighted by molar-refractivity contribution is -0.116. The number of rotatable bonds is 6. The summed E-state index contributed by atoms with van der Waals surface area (Å²) < 4.78 is 37.7. The highest BCUT2D eigenvalue weighted by atomic mass is 32.2. The van der Waals surface area contributed by atoms with Crippen LogP contribution in [0, 0.1) is 13.8 Å². The number of benzene rings is 2. The molecule has 7 nitrogen and oxygen atoms in total. The van der Waals surface area contributed by atoms with Gasteiger partial charge in [0.05, 0.1) is 4.90 Å². The molecule has 0 saturated carbocycles. The second-order valence-electron chi connectivity index (χ2n) is 6.03. The van der Waals surface area contributed by atoms with Crippen LogP contribution in [0.3, 0.4) is 0 Å². The highest BCUT2D eigenvalue weighted by molar-refractivity contribution is 7.89. The molecule has 0 aliphatic carbocycles. The maximum Gasteiger partial charge on any atom is 0.240 e. The van der Waals surface area contributed by atoms with Crippen molar-refractivity contribution in [1.29, 1.82) is 0 Å². The Morgan fingerprint density at radius 2 is 1.85 bits per heavy atom. The van der Waals surface area contributed by atoms with Gasteiger partial charge in [0.15, 0.2) is 11.5 Å². The average Bonchev–Trinajstić information content (AvgIpc) is 3.04. The number of aryl methyl sites for hydroxylation is 2. The van der Waals surface area contributed by atoms with Gasteiger partial charge in [0.1, 0.15) is 0 Å². The Kier molecular flexibility index (Phi) is 5.15. The largest absolute Gasteiger partial charge is 0.454 e. The molecular weight excluding hydrogens is 356 g/mol. The standard InChI is InChI=1S/C18H20N2O5S/c1-12-3-4-13(2)17(9-12)26(22,23)19-8-7-18(21)20-14-5-6-15-16(10-14)25-11-24-15/h3-6,9-10,19H,7-8,11H2,1-2H3,(H,20,21). The molecule has 8 heteroatoms. The quantitative estimate of drug-likeness (QED) is 0.807. The van der Waals surface area contributed by atoms with Gasteiger partial charge in [0, 0.05) is 24.7 Å². The molecule has 0 aromatic heterocycles. The van der Waals surface area contributed by atoms with E-state index in [4.69, 9.17) is 9.47 Å². The summed E-state index contributed by atoms with van der Waals surface area (Å²) in [6, 6.07) is 10.3. The third kappa shape index (κ3) is 4.14. The van der Waals surface area contributed by atoms with E-state index in [0.717, 1.165) is 5.56 Å². The van der Waals surface area contributed by atoms with Crippen molar-refractivity contribution < 1.29 is 22.7 Å². The van der Waals surface area contributed by atoms with Crippen molar-refractivity contribution in [2.24, 2.45) is 0 Å². The van der Waals surface area contributed by atoms with Crippen LogP contribution in [0.5, 0.6) is 11.5 Å². The molecule has 26 heavy (non-hydrogen) atoms. The zero-order chi connectivity index (χ0) is 18.7. The fraction of sp³-hybridized carbons (Fsp3) is 0.278. The number of anilines is 1. The molecule has 2 aromatic rings. The first-order chi connectivity index (χ1) is 12.3. The van der Waals surface area contributed by atoms with Crippen molar-refractivity contribution in [3.8, 4) is 11.5 Å². The molecular formula is C18H20N2O5S. The summed E-state index contributed by atoms with van der Waals surface area (Å²) in [7, 11) is -3.66. The van der Waals surface area contributed by atoms with Gasteiger partial charge in [-0.3, -0.25) is 4.79 Å². The minimum absolute atomic E-state index is 0.00605. The predicted molar refractivity (Wildman–Crippen MR) is 96.9 cm³/mol. The molecule has 1 heterocycles. The van der Waals surface area contributed by atoms with Crippen molar-refractivity contribution in [1.82, 2.24) is 4.72 Å². The lowest BCUT2D eigenvalue weighted by Crippen LogP contribution is -2.28. The molecule has 0 radical (unpaired) electrons. The molecule has 0 spiro atoms. The zero-order valence-electron chi connectivity index (χ0n) is 14.5. The van der Waals surface area contributed by atoms with E-state index >= 15 is 0 Å². The lowest BCUT2D eigenvalue weighted by Gasteiger charge is -2.10. The topological polar surface area (TPSA) is 93.7 Å². The number of carbonyl (C=O) groups excluding carboxylic acids is 1. The first kappa shape index (κ1) is 18.2. The van der Waals surface area contributed by atoms with E-state index in [-0.39, 0.29) is 30.6 Å². The van der Waals surface area contributed by atoms with Crippen LogP contribution in [-0.2, 0) is 14.8 Å². The summed E-state index contributed by atoms with van der Waals surface area (Å²) in [5.41, 5.74) is 2.08. The molecule has 0 bridgehead atoms. The first-order valence-corrected chi connectivity index (χ1v) is 9.60. The Morgan fingerprint density at radius 3 is 2.65 bits per heavy atom. The van der Waals surface area contributed by atoms with Gasteiger partial charge < -0.3 is 14.8 Å². The molecule has 0 saturated heterocycles. The van der Waals surface area contributed by atoms with Crippen LogP contribution in [0.15, 0.2) is 41.3 Å². The normalized spacial score (nSPS) is 12.8. The first-order valence-electron chi connectivity index (χ1n) is 8.11. The molecule has 0 fully saturated rings. The summed E-state index contributed by atoms with van der Waals surface area (Å²) >= 11 is 0. The molecule has 2 aromatic carbocycles. The minimum atomic E-state index is -3.66. The summed E-state index contributed by atoms with van der Waals surface area (Å²) in [6.45, 7) is 3.73. The van der Waals surface area contributed by atoms with Gasteiger partial charge in [-0.25, -0.2) is 13.1 Å². The van der Waals surface area contributed by atoms with Gasteiger partial charge in [-0.2, -0.15) is 0 Å². The van der Waals surface area contributed by atoms with E-state index in [1.165, 1.54) is 0 Å². The van der Waals surface area contributed by atoms with Gasteiger partial charge in [0.2, 0.25) is 22.7 Å². The molecule has 1 aliphatic heterocycles. The van der Waals surface area contributed by atoms with Crippen molar-refractivity contribution >= 4 is 21.6 Å².